The Labute approximate surface area is 117 Å². The molecule has 0 bridgehead atoms. The van der Waals surface area contributed by atoms with Crippen molar-refractivity contribution < 1.29 is 23.0 Å². The lowest BCUT2D eigenvalue weighted by Crippen LogP contribution is -2.43. The molecular weight excluding hydrogens is 268 g/mol. The number of hydrogen-bond acceptors (Lipinski definition) is 4. The van der Waals surface area contributed by atoms with Gasteiger partial charge in [0.2, 0.25) is 0 Å². The van der Waals surface area contributed by atoms with Crippen LogP contribution < -0.4 is 10.1 Å². The molecule has 2 rings (SSSR count). The third-order valence-corrected chi connectivity index (χ3v) is 3.10. The Morgan fingerprint density at radius 2 is 2.30 bits per heavy atom. The van der Waals surface area contributed by atoms with Gasteiger partial charge in [0.1, 0.15) is 11.9 Å². The molecule has 2 atom stereocenters. The van der Waals surface area contributed by atoms with Gasteiger partial charge < -0.3 is 19.5 Å². The Kier molecular flexibility index (Phi) is 5.55. The molecule has 1 N–H and O–H groups in total. The standard InChI is InChI=1S/C14H19F2NO3/c1-2-19-13-9-18-7-6-12(13)17-10-4-3-5-11(8-10)20-14(15)16/h3-5,8,12-14,17H,2,6-7,9H2,1H3. The molecule has 2 unspecified atom stereocenters. The van der Waals surface area contributed by atoms with Crippen molar-refractivity contribution in [2.24, 2.45) is 0 Å². The number of rotatable bonds is 6. The van der Waals surface area contributed by atoms with Crippen LogP contribution in [0, 0.1) is 0 Å². The van der Waals surface area contributed by atoms with E-state index in [1.54, 1.807) is 12.1 Å². The van der Waals surface area contributed by atoms with Gasteiger partial charge in [-0.05, 0) is 25.5 Å². The molecule has 1 aromatic rings. The first kappa shape index (κ1) is 15.0. The summed E-state index contributed by atoms with van der Waals surface area (Å²) < 4.78 is 39.8. The Hall–Kier alpha value is -1.40. The van der Waals surface area contributed by atoms with Gasteiger partial charge >= 0.3 is 6.61 Å². The molecule has 1 aliphatic heterocycles. The zero-order valence-electron chi connectivity index (χ0n) is 11.4. The van der Waals surface area contributed by atoms with Crippen molar-refractivity contribution in [1.82, 2.24) is 0 Å². The highest BCUT2D eigenvalue weighted by molar-refractivity contribution is 5.49. The van der Waals surface area contributed by atoms with Gasteiger partial charge in [-0.1, -0.05) is 6.07 Å². The van der Waals surface area contributed by atoms with E-state index in [0.29, 0.717) is 19.8 Å². The maximum atomic E-state index is 12.2. The molecule has 0 saturated carbocycles. The molecule has 1 fully saturated rings. The van der Waals surface area contributed by atoms with Gasteiger partial charge in [0.15, 0.2) is 0 Å². The third kappa shape index (κ3) is 4.31. The topological polar surface area (TPSA) is 39.7 Å². The maximum Gasteiger partial charge on any atom is 0.387 e. The van der Waals surface area contributed by atoms with Crippen molar-refractivity contribution in [1.29, 1.82) is 0 Å². The van der Waals surface area contributed by atoms with E-state index in [-0.39, 0.29) is 17.9 Å². The number of ether oxygens (including phenoxy) is 3. The first-order valence-corrected chi connectivity index (χ1v) is 6.69. The summed E-state index contributed by atoms with van der Waals surface area (Å²) in [5.74, 6) is 0.144. The van der Waals surface area contributed by atoms with Gasteiger partial charge in [-0.15, -0.1) is 0 Å². The highest BCUT2D eigenvalue weighted by Crippen LogP contribution is 2.22. The highest BCUT2D eigenvalue weighted by atomic mass is 19.3. The molecular formula is C14H19F2NO3. The average Bonchev–Trinajstić information content (AvgIpc) is 2.41. The van der Waals surface area contributed by atoms with Crippen LogP contribution in [0.3, 0.4) is 0 Å². The average molecular weight is 287 g/mol. The van der Waals surface area contributed by atoms with Crippen molar-refractivity contribution in [3.8, 4) is 5.75 Å². The summed E-state index contributed by atoms with van der Waals surface area (Å²) in [4.78, 5) is 0. The molecule has 112 valence electrons. The second kappa shape index (κ2) is 7.40. The molecule has 0 amide bonds. The molecule has 0 radical (unpaired) electrons. The molecule has 1 aliphatic rings. The van der Waals surface area contributed by atoms with Crippen LogP contribution in [0.4, 0.5) is 14.5 Å². The lowest BCUT2D eigenvalue weighted by molar-refractivity contribution is -0.0530. The van der Waals surface area contributed by atoms with Crippen LogP contribution in [0.1, 0.15) is 13.3 Å². The largest absolute Gasteiger partial charge is 0.435 e. The van der Waals surface area contributed by atoms with Crippen LogP contribution in [0.15, 0.2) is 24.3 Å². The summed E-state index contributed by atoms with van der Waals surface area (Å²) in [5.41, 5.74) is 0.736. The molecule has 0 aromatic heterocycles. The van der Waals surface area contributed by atoms with Crippen LogP contribution in [0.25, 0.3) is 0 Å². The predicted molar refractivity (Wildman–Crippen MR) is 71.3 cm³/mol. The van der Waals surface area contributed by atoms with Crippen LogP contribution in [0.5, 0.6) is 5.75 Å². The summed E-state index contributed by atoms with van der Waals surface area (Å²) >= 11 is 0. The normalized spacial score (nSPS) is 22.8. The fourth-order valence-corrected chi connectivity index (χ4v) is 2.23. The van der Waals surface area contributed by atoms with Crippen LogP contribution in [-0.4, -0.2) is 38.6 Å². The van der Waals surface area contributed by atoms with Gasteiger partial charge in [-0.25, -0.2) is 0 Å². The van der Waals surface area contributed by atoms with Gasteiger partial charge in [0.25, 0.3) is 0 Å². The number of halogens is 2. The minimum atomic E-state index is -2.82. The van der Waals surface area contributed by atoms with E-state index in [2.05, 4.69) is 10.1 Å². The number of benzene rings is 1. The van der Waals surface area contributed by atoms with Gasteiger partial charge in [-0.3, -0.25) is 0 Å². The summed E-state index contributed by atoms with van der Waals surface area (Å²) in [5, 5.41) is 3.30. The second-order valence-corrected chi connectivity index (χ2v) is 4.51. The van der Waals surface area contributed by atoms with Crippen molar-refractivity contribution >= 4 is 5.69 Å². The summed E-state index contributed by atoms with van der Waals surface area (Å²) in [6, 6.07) is 6.66. The number of anilines is 1. The van der Waals surface area contributed by atoms with Gasteiger partial charge in [-0.2, -0.15) is 8.78 Å². The zero-order chi connectivity index (χ0) is 14.4. The molecule has 1 aromatic carbocycles. The fourth-order valence-electron chi connectivity index (χ4n) is 2.23. The van der Waals surface area contributed by atoms with E-state index in [1.165, 1.54) is 6.07 Å². The Bertz CT molecular complexity index is 415. The zero-order valence-corrected chi connectivity index (χ0v) is 11.4. The van der Waals surface area contributed by atoms with Gasteiger partial charge in [0.05, 0.1) is 12.6 Å². The number of hydrogen-bond donors (Lipinski definition) is 1. The van der Waals surface area contributed by atoms with Crippen molar-refractivity contribution in [2.45, 2.75) is 32.1 Å². The summed E-state index contributed by atoms with van der Waals surface area (Å²) in [7, 11) is 0. The lowest BCUT2D eigenvalue weighted by Gasteiger charge is -2.32. The van der Waals surface area contributed by atoms with E-state index < -0.39 is 6.61 Å². The molecule has 4 nitrogen and oxygen atoms in total. The number of alkyl halides is 2. The van der Waals surface area contributed by atoms with E-state index >= 15 is 0 Å². The first-order chi connectivity index (χ1) is 9.69. The third-order valence-electron chi connectivity index (χ3n) is 3.10. The minimum absolute atomic E-state index is 0.0339. The van der Waals surface area contributed by atoms with E-state index in [9.17, 15) is 8.78 Å². The first-order valence-electron chi connectivity index (χ1n) is 6.69. The van der Waals surface area contributed by atoms with Crippen molar-refractivity contribution in [3.05, 3.63) is 24.3 Å². The molecule has 0 spiro atoms. The fraction of sp³-hybridized carbons (Fsp3) is 0.571. The molecule has 1 heterocycles. The maximum absolute atomic E-state index is 12.2. The lowest BCUT2D eigenvalue weighted by atomic mass is 10.1. The van der Waals surface area contributed by atoms with E-state index in [0.717, 1.165) is 12.1 Å². The second-order valence-electron chi connectivity index (χ2n) is 4.51. The molecule has 20 heavy (non-hydrogen) atoms. The predicted octanol–water partition coefficient (Wildman–Crippen LogP) is 2.89. The van der Waals surface area contributed by atoms with E-state index in [4.69, 9.17) is 9.47 Å². The quantitative estimate of drug-likeness (QED) is 0.873. The molecule has 0 aliphatic carbocycles. The monoisotopic (exact) mass is 287 g/mol. The highest BCUT2D eigenvalue weighted by Gasteiger charge is 2.26. The van der Waals surface area contributed by atoms with Crippen LogP contribution in [0.2, 0.25) is 0 Å². The minimum Gasteiger partial charge on any atom is -0.435 e. The Morgan fingerprint density at radius 3 is 3.05 bits per heavy atom. The molecule has 1 saturated heterocycles. The van der Waals surface area contributed by atoms with Crippen LogP contribution >= 0.6 is 0 Å². The summed E-state index contributed by atoms with van der Waals surface area (Å²) in [6.07, 6.45) is 0.776. The Balaban J connectivity index is 2.00. The van der Waals surface area contributed by atoms with Crippen molar-refractivity contribution in [2.75, 3.05) is 25.1 Å². The Morgan fingerprint density at radius 1 is 1.45 bits per heavy atom. The van der Waals surface area contributed by atoms with Gasteiger partial charge in [0, 0.05) is 25.0 Å². The van der Waals surface area contributed by atoms with Crippen LogP contribution in [-0.2, 0) is 9.47 Å². The summed E-state index contributed by atoms with van der Waals surface area (Å²) in [6.45, 7) is 0.931. The van der Waals surface area contributed by atoms with E-state index in [1.807, 2.05) is 13.0 Å². The molecule has 6 heteroatoms. The SMILES string of the molecule is CCOC1COCCC1Nc1cccc(OC(F)F)c1. The smallest absolute Gasteiger partial charge is 0.387 e. The number of nitrogens with one attached hydrogen (secondary N) is 1. The van der Waals surface area contributed by atoms with Crippen molar-refractivity contribution in [3.63, 3.8) is 0 Å².